The topological polar surface area (TPSA) is 55.8 Å². The van der Waals surface area contributed by atoms with E-state index in [4.69, 9.17) is 9.47 Å². The molecule has 5 heteroatoms. The quantitative estimate of drug-likeness (QED) is 0.483. The average Bonchev–Trinajstić information content (AvgIpc) is 3.16. The summed E-state index contributed by atoms with van der Waals surface area (Å²) in [5.74, 6) is 0.229. The Hall–Kier alpha value is -3.60. The second kappa shape index (κ2) is 8.19. The summed E-state index contributed by atoms with van der Waals surface area (Å²) in [4.78, 5) is 26.9. The van der Waals surface area contributed by atoms with Crippen molar-refractivity contribution in [3.8, 4) is 22.6 Å². The van der Waals surface area contributed by atoms with E-state index < -0.39 is 11.9 Å². The molecule has 0 saturated carbocycles. The van der Waals surface area contributed by atoms with E-state index in [1.165, 1.54) is 0 Å². The van der Waals surface area contributed by atoms with Crippen molar-refractivity contribution in [2.24, 2.45) is 5.92 Å². The second-order valence-electron chi connectivity index (χ2n) is 6.89. The number of rotatable bonds is 5. The van der Waals surface area contributed by atoms with Crippen LogP contribution in [0, 0.1) is 5.92 Å². The lowest BCUT2D eigenvalue weighted by atomic mass is 10.0. The Labute approximate surface area is 169 Å². The molecule has 0 unspecified atom stereocenters. The van der Waals surface area contributed by atoms with Crippen molar-refractivity contribution >= 4 is 17.6 Å². The van der Waals surface area contributed by atoms with E-state index in [-0.39, 0.29) is 12.3 Å². The number of para-hydroxylation sites is 1. The minimum absolute atomic E-state index is 0.0894. The van der Waals surface area contributed by atoms with Crippen LogP contribution in [0.3, 0.4) is 0 Å². The lowest BCUT2D eigenvalue weighted by molar-refractivity contribution is -0.139. The Kier molecular flexibility index (Phi) is 5.29. The molecule has 29 heavy (non-hydrogen) atoms. The molecule has 3 aromatic rings. The Morgan fingerprint density at radius 1 is 0.931 bits per heavy atom. The number of hydrogen-bond acceptors (Lipinski definition) is 4. The molecule has 1 aliphatic heterocycles. The SMILES string of the molecule is COc1ccc(N2C[C@@H](C(=O)Oc3ccccc3-c3ccccc3)CC2=O)cc1. The van der Waals surface area contributed by atoms with Gasteiger partial charge in [0.25, 0.3) is 0 Å². The van der Waals surface area contributed by atoms with Crippen LogP contribution in [0.4, 0.5) is 5.69 Å². The Morgan fingerprint density at radius 3 is 2.34 bits per heavy atom. The summed E-state index contributed by atoms with van der Waals surface area (Å²) in [6.45, 7) is 0.303. The first-order valence-electron chi connectivity index (χ1n) is 9.46. The van der Waals surface area contributed by atoms with Crippen LogP contribution in [-0.4, -0.2) is 25.5 Å². The fraction of sp³-hybridized carbons (Fsp3) is 0.167. The lowest BCUT2D eigenvalue weighted by Crippen LogP contribution is -2.27. The predicted molar refractivity (Wildman–Crippen MR) is 111 cm³/mol. The average molecular weight is 387 g/mol. The van der Waals surface area contributed by atoms with Gasteiger partial charge in [-0.25, -0.2) is 0 Å². The molecule has 0 aliphatic carbocycles. The fourth-order valence-corrected chi connectivity index (χ4v) is 3.48. The zero-order chi connectivity index (χ0) is 20.2. The van der Waals surface area contributed by atoms with Crippen LogP contribution in [0.5, 0.6) is 11.5 Å². The van der Waals surface area contributed by atoms with Crippen molar-refractivity contribution in [3.05, 3.63) is 78.9 Å². The molecule has 1 atom stereocenters. The van der Waals surface area contributed by atoms with Gasteiger partial charge in [-0.05, 0) is 35.9 Å². The highest BCUT2D eigenvalue weighted by molar-refractivity contribution is 5.99. The number of hydrogen-bond donors (Lipinski definition) is 0. The van der Waals surface area contributed by atoms with E-state index in [9.17, 15) is 9.59 Å². The molecule has 1 amide bonds. The number of anilines is 1. The molecule has 5 nitrogen and oxygen atoms in total. The molecule has 0 aromatic heterocycles. The summed E-state index contributed by atoms with van der Waals surface area (Å²) < 4.78 is 10.9. The van der Waals surface area contributed by atoms with Crippen molar-refractivity contribution in [1.82, 2.24) is 0 Å². The van der Waals surface area contributed by atoms with E-state index in [1.54, 1.807) is 30.2 Å². The number of methoxy groups -OCH3 is 1. The summed E-state index contributed by atoms with van der Waals surface area (Å²) in [5, 5.41) is 0. The number of amides is 1. The van der Waals surface area contributed by atoms with Gasteiger partial charge >= 0.3 is 5.97 Å². The molecule has 1 aliphatic rings. The maximum atomic E-state index is 12.8. The van der Waals surface area contributed by atoms with Crippen molar-refractivity contribution < 1.29 is 19.1 Å². The highest BCUT2D eigenvalue weighted by Crippen LogP contribution is 2.32. The third-order valence-electron chi connectivity index (χ3n) is 5.02. The molecule has 0 N–H and O–H groups in total. The second-order valence-corrected chi connectivity index (χ2v) is 6.89. The third kappa shape index (κ3) is 3.99. The summed E-state index contributed by atoms with van der Waals surface area (Å²) in [6, 6.07) is 24.4. The largest absolute Gasteiger partial charge is 0.497 e. The number of ether oxygens (including phenoxy) is 2. The Bertz CT molecular complexity index is 1010. The maximum Gasteiger partial charge on any atom is 0.316 e. The van der Waals surface area contributed by atoms with Crippen molar-refractivity contribution in [2.45, 2.75) is 6.42 Å². The summed E-state index contributed by atoms with van der Waals surface area (Å²) >= 11 is 0. The van der Waals surface area contributed by atoms with E-state index >= 15 is 0 Å². The van der Waals surface area contributed by atoms with Gasteiger partial charge in [-0.1, -0.05) is 48.5 Å². The van der Waals surface area contributed by atoms with Gasteiger partial charge in [-0.3, -0.25) is 9.59 Å². The lowest BCUT2D eigenvalue weighted by Gasteiger charge is -2.17. The minimum Gasteiger partial charge on any atom is -0.497 e. The van der Waals surface area contributed by atoms with Crippen LogP contribution < -0.4 is 14.4 Å². The number of carbonyl (C=O) groups is 2. The first kappa shape index (κ1) is 18.7. The van der Waals surface area contributed by atoms with E-state index in [0.717, 1.165) is 16.8 Å². The van der Waals surface area contributed by atoms with E-state index in [2.05, 4.69) is 0 Å². The van der Waals surface area contributed by atoms with Crippen molar-refractivity contribution in [1.29, 1.82) is 0 Å². The minimum atomic E-state index is -0.506. The van der Waals surface area contributed by atoms with Gasteiger partial charge in [-0.15, -0.1) is 0 Å². The molecule has 1 saturated heterocycles. The van der Waals surface area contributed by atoms with Crippen molar-refractivity contribution in [3.63, 3.8) is 0 Å². The number of carbonyl (C=O) groups excluding carboxylic acids is 2. The van der Waals surface area contributed by atoms with Gasteiger partial charge in [0.2, 0.25) is 5.91 Å². The number of benzene rings is 3. The maximum absolute atomic E-state index is 12.8. The highest BCUT2D eigenvalue weighted by atomic mass is 16.5. The van der Waals surface area contributed by atoms with Crippen LogP contribution >= 0.6 is 0 Å². The van der Waals surface area contributed by atoms with Gasteiger partial charge in [0, 0.05) is 24.2 Å². The summed E-state index contributed by atoms with van der Waals surface area (Å²) in [6.07, 6.45) is 0.137. The van der Waals surface area contributed by atoms with Gasteiger partial charge in [-0.2, -0.15) is 0 Å². The zero-order valence-corrected chi connectivity index (χ0v) is 16.1. The first-order valence-corrected chi connectivity index (χ1v) is 9.46. The van der Waals surface area contributed by atoms with E-state index in [0.29, 0.717) is 18.0 Å². The smallest absolute Gasteiger partial charge is 0.316 e. The monoisotopic (exact) mass is 387 g/mol. The van der Waals surface area contributed by atoms with Crippen LogP contribution in [0.25, 0.3) is 11.1 Å². The molecular formula is C24H21NO4. The molecule has 0 spiro atoms. The van der Waals surface area contributed by atoms with Crippen LogP contribution in [0.15, 0.2) is 78.9 Å². The molecule has 0 bridgehead atoms. The van der Waals surface area contributed by atoms with Gasteiger partial charge < -0.3 is 14.4 Å². The normalized spacial score (nSPS) is 16.0. The molecule has 0 radical (unpaired) electrons. The first-order chi connectivity index (χ1) is 14.2. The zero-order valence-electron chi connectivity index (χ0n) is 16.1. The number of nitrogens with zero attached hydrogens (tertiary/aromatic N) is 1. The fourth-order valence-electron chi connectivity index (χ4n) is 3.48. The van der Waals surface area contributed by atoms with Crippen LogP contribution in [-0.2, 0) is 9.59 Å². The molecule has 146 valence electrons. The van der Waals surface area contributed by atoms with E-state index in [1.807, 2.05) is 60.7 Å². The number of esters is 1. The molecule has 1 fully saturated rings. The van der Waals surface area contributed by atoms with Crippen LogP contribution in [0.1, 0.15) is 6.42 Å². The standard InChI is InChI=1S/C24H21NO4/c1-28-20-13-11-19(12-14-20)25-16-18(15-23(25)26)24(27)29-22-10-6-5-9-21(22)17-7-3-2-4-8-17/h2-14,18H,15-16H2,1H3/t18-/m0/s1. The third-order valence-corrected chi connectivity index (χ3v) is 5.02. The summed E-state index contributed by atoms with van der Waals surface area (Å²) in [7, 11) is 1.59. The van der Waals surface area contributed by atoms with Crippen LogP contribution in [0.2, 0.25) is 0 Å². The van der Waals surface area contributed by atoms with Gasteiger partial charge in [0.15, 0.2) is 0 Å². The van der Waals surface area contributed by atoms with Gasteiger partial charge in [0.05, 0.1) is 13.0 Å². The molecule has 3 aromatic carbocycles. The molecule has 1 heterocycles. The Balaban J connectivity index is 1.49. The highest BCUT2D eigenvalue weighted by Gasteiger charge is 2.36. The predicted octanol–water partition coefficient (Wildman–Crippen LogP) is 4.32. The summed E-state index contributed by atoms with van der Waals surface area (Å²) in [5.41, 5.74) is 2.56. The molecule has 4 rings (SSSR count). The molecular weight excluding hydrogens is 366 g/mol. The Morgan fingerprint density at radius 2 is 1.62 bits per heavy atom. The van der Waals surface area contributed by atoms with Gasteiger partial charge in [0.1, 0.15) is 11.5 Å². The van der Waals surface area contributed by atoms with Crippen molar-refractivity contribution in [2.75, 3.05) is 18.6 Å².